The zero-order valence-electron chi connectivity index (χ0n) is 17.4. The molecular formula is C22H31NO6. The Hall–Kier alpha value is -1.18. The van der Waals surface area contributed by atoms with E-state index in [1.165, 1.54) is 0 Å². The van der Waals surface area contributed by atoms with E-state index >= 15 is 0 Å². The van der Waals surface area contributed by atoms with Crippen LogP contribution in [-0.4, -0.2) is 63.7 Å². The van der Waals surface area contributed by atoms with Gasteiger partial charge in [0.25, 0.3) is 0 Å². The zero-order valence-corrected chi connectivity index (χ0v) is 17.4. The van der Waals surface area contributed by atoms with Gasteiger partial charge in [0.05, 0.1) is 17.9 Å². The monoisotopic (exact) mass is 405 g/mol. The van der Waals surface area contributed by atoms with Crippen molar-refractivity contribution in [2.45, 2.75) is 94.5 Å². The maximum absolute atomic E-state index is 12.6. The van der Waals surface area contributed by atoms with Gasteiger partial charge in [-0.05, 0) is 32.1 Å². The topological polar surface area (TPSA) is 88.6 Å². The van der Waals surface area contributed by atoms with Gasteiger partial charge >= 0.3 is 11.9 Å². The largest absolute Gasteiger partial charge is 0.461 e. The van der Waals surface area contributed by atoms with E-state index in [1.807, 2.05) is 13.8 Å². The molecule has 0 aromatic heterocycles. The van der Waals surface area contributed by atoms with Crippen LogP contribution in [0.25, 0.3) is 0 Å². The molecule has 0 aromatic rings. The number of carbonyl (C=O) groups is 2. The Morgan fingerprint density at radius 2 is 1.97 bits per heavy atom. The summed E-state index contributed by atoms with van der Waals surface area (Å²) in [5.41, 5.74) is -2.41. The van der Waals surface area contributed by atoms with Crippen molar-refractivity contribution < 1.29 is 28.9 Å². The fourth-order valence-electron chi connectivity index (χ4n) is 8.05. The van der Waals surface area contributed by atoms with Crippen molar-refractivity contribution in [2.24, 2.45) is 23.7 Å². The first-order chi connectivity index (χ1) is 13.8. The van der Waals surface area contributed by atoms with Crippen LogP contribution in [0.5, 0.6) is 0 Å². The second kappa shape index (κ2) is 5.54. The highest BCUT2D eigenvalue weighted by Gasteiger charge is 2.93. The third-order valence-corrected chi connectivity index (χ3v) is 9.16. The average Bonchev–Trinajstić information content (AvgIpc) is 3.06. The lowest BCUT2D eigenvalue weighted by molar-refractivity contribution is -0.156. The van der Waals surface area contributed by atoms with E-state index in [2.05, 4.69) is 11.8 Å². The summed E-state index contributed by atoms with van der Waals surface area (Å²) in [5.74, 6) is -1.01. The third-order valence-electron chi connectivity index (χ3n) is 9.16. The SMILES string of the molecule is CC[C@@H]1[C@H]2OC(=O)[C@@H](C)[C@H]2[C@]2(O)C[C@@H]([C@@H]3C[C@H](C)C(=O)O3)N3CCCC[C@@]14O[C@@]324. The van der Waals surface area contributed by atoms with Crippen LogP contribution >= 0.6 is 0 Å². The van der Waals surface area contributed by atoms with Gasteiger partial charge < -0.3 is 19.3 Å². The molecule has 6 rings (SSSR count). The van der Waals surface area contributed by atoms with Gasteiger partial charge in [0, 0.05) is 24.8 Å². The molecule has 10 atom stereocenters. The van der Waals surface area contributed by atoms with Crippen molar-refractivity contribution in [1.29, 1.82) is 0 Å². The van der Waals surface area contributed by atoms with Crippen LogP contribution in [0.4, 0.5) is 0 Å². The molecule has 0 aromatic carbocycles. The fraction of sp³-hybridized carbons (Fsp3) is 0.909. The van der Waals surface area contributed by atoms with E-state index in [9.17, 15) is 14.7 Å². The Morgan fingerprint density at radius 1 is 1.17 bits per heavy atom. The molecule has 1 N–H and O–H groups in total. The number of fused-ring (bicyclic) bond motifs is 2. The molecule has 0 radical (unpaired) electrons. The van der Waals surface area contributed by atoms with Gasteiger partial charge in [-0.2, -0.15) is 0 Å². The quantitative estimate of drug-likeness (QED) is 0.551. The standard InChI is InChI=1S/C22H31NO6/c1-4-13-17-16(12(3)19(25)28-17)20(26)10-14(15-9-11(2)18(24)27-15)23-8-6-5-7-21(13)22(20,23)29-21/h11-17,26H,4-10H2,1-3H3/t11-,12-,13+,14-,15-,16+,17+,20+,21+,22-/m0/s1. The summed E-state index contributed by atoms with van der Waals surface area (Å²) in [6.45, 7) is 6.76. The highest BCUT2D eigenvalue weighted by atomic mass is 16.7. The first kappa shape index (κ1) is 18.6. The number of nitrogens with zero attached hydrogens (tertiary/aromatic N) is 1. The summed E-state index contributed by atoms with van der Waals surface area (Å²) < 4.78 is 18.4. The second-order valence-corrected chi connectivity index (χ2v) is 10.3. The molecule has 1 saturated carbocycles. The molecule has 0 unspecified atom stereocenters. The van der Waals surface area contributed by atoms with Crippen molar-refractivity contribution in [3.8, 4) is 0 Å². The molecule has 7 nitrogen and oxygen atoms in total. The number of rotatable bonds is 2. The lowest BCUT2D eigenvalue weighted by Crippen LogP contribution is -2.66. The Bertz CT molecular complexity index is 787. The molecule has 160 valence electrons. The molecule has 0 bridgehead atoms. The zero-order chi connectivity index (χ0) is 20.3. The van der Waals surface area contributed by atoms with Crippen LogP contribution in [0.2, 0.25) is 0 Å². The lowest BCUT2D eigenvalue weighted by Gasteiger charge is -2.48. The molecule has 5 aliphatic heterocycles. The van der Waals surface area contributed by atoms with Crippen molar-refractivity contribution >= 4 is 11.9 Å². The Morgan fingerprint density at radius 3 is 2.66 bits per heavy atom. The average molecular weight is 405 g/mol. The minimum Gasteiger partial charge on any atom is -0.461 e. The lowest BCUT2D eigenvalue weighted by atomic mass is 9.57. The Kier molecular flexibility index (Phi) is 3.55. The van der Waals surface area contributed by atoms with Gasteiger partial charge in [-0.3, -0.25) is 14.5 Å². The highest BCUT2D eigenvalue weighted by Crippen LogP contribution is 2.76. The maximum Gasteiger partial charge on any atom is 0.309 e. The second-order valence-electron chi connectivity index (χ2n) is 10.3. The van der Waals surface area contributed by atoms with E-state index in [-0.39, 0.29) is 53.9 Å². The number of cyclic esters (lactones) is 1. The van der Waals surface area contributed by atoms with Crippen molar-refractivity contribution in [3.05, 3.63) is 0 Å². The molecular weight excluding hydrogens is 374 g/mol. The van der Waals surface area contributed by atoms with E-state index in [0.717, 1.165) is 32.2 Å². The van der Waals surface area contributed by atoms with Gasteiger partial charge in [0.15, 0.2) is 5.72 Å². The summed E-state index contributed by atoms with van der Waals surface area (Å²) in [4.78, 5) is 27.1. The molecule has 0 amide bonds. The number of hydrogen-bond acceptors (Lipinski definition) is 7. The number of aliphatic hydroxyl groups is 1. The molecule has 1 spiro atoms. The Labute approximate surface area is 171 Å². The number of epoxide rings is 1. The normalized spacial score (nSPS) is 58.1. The van der Waals surface area contributed by atoms with E-state index < -0.39 is 16.9 Å². The number of hydrogen-bond donors (Lipinski definition) is 1. The predicted molar refractivity (Wildman–Crippen MR) is 100 cm³/mol. The first-order valence-corrected chi connectivity index (χ1v) is 11.4. The maximum atomic E-state index is 12.6. The minimum atomic E-state index is -1.16. The summed E-state index contributed by atoms with van der Waals surface area (Å²) in [7, 11) is 0. The fourth-order valence-corrected chi connectivity index (χ4v) is 8.05. The first-order valence-electron chi connectivity index (χ1n) is 11.4. The van der Waals surface area contributed by atoms with E-state index in [1.54, 1.807) is 0 Å². The van der Waals surface area contributed by atoms with Crippen molar-refractivity contribution in [2.75, 3.05) is 6.54 Å². The molecule has 29 heavy (non-hydrogen) atoms. The van der Waals surface area contributed by atoms with Gasteiger partial charge in [0.1, 0.15) is 23.4 Å². The number of ether oxygens (including phenoxy) is 3. The van der Waals surface area contributed by atoms with Crippen molar-refractivity contribution in [3.63, 3.8) is 0 Å². The van der Waals surface area contributed by atoms with Crippen molar-refractivity contribution in [1.82, 2.24) is 4.90 Å². The van der Waals surface area contributed by atoms with E-state index in [4.69, 9.17) is 14.2 Å². The van der Waals surface area contributed by atoms with Gasteiger partial charge in [-0.15, -0.1) is 0 Å². The van der Waals surface area contributed by atoms with Gasteiger partial charge in [-0.1, -0.05) is 20.8 Å². The smallest absolute Gasteiger partial charge is 0.309 e. The Balaban J connectivity index is 1.49. The predicted octanol–water partition coefficient (Wildman–Crippen LogP) is 1.61. The number of esters is 2. The summed E-state index contributed by atoms with van der Waals surface area (Å²) in [6.07, 6.45) is 4.42. The molecule has 7 heteroatoms. The van der Waals surface area contributed by atoms with Crippen LogP contribution in [0.3, 0.4) is 0 Å². The molecule has 6 aliphatic rings. The van der Waals surface area contributed by atoms with Crippen LogP contribution < -0.4 is 0 Å². The summed E-state index contributed by atoms with van der Waals surface area (Å²) in [6, 6.07) is -0.0759. The van der Waals surface area contributed by atoms with Crippen LogP contribution in [-0.2, 0) is 23.8 Å². The minimum absolute atomic E-state index is 0.0759. The van der Waals surface area contributed by atoms with Gasteiger partial charge in [-0.25, -0.2) is 0 Å². The molecule has 5 saturated heterocycles. The van der Waals surface area contributed by atoms with E-state index in [0.29, 0.717) is 12.8 Å². The molecule has 6 fully saturated rings. The van der Waals surface area contributed by atoms with Crippen LogP contribution in [0.15, 0.2) is 0 Å². The summed E-state index contributed by atoms with van der Waals surface area (Å²) >= 11 is 0. The highest BCUT2D eigenvalue weighted by molar-refractivity contribution is 5.76. The summed E-state index contributed by atoms with van der Waals surface area (Å²) in [5, 5.41) is 12.3. The van der Waals surface area contributed by atoms with Gasteiger partial charge in [0.2, 0.25) is 0 Å². The van der Waals surface area contributed by atoms with Crippen LogP contribution in [0, 0.1) is 23.7 Å². The molecule has 5 heterocycles. The molecule has 1 aliphatic carbocycles. The third kappa shape index (κ3) is 1.88. The van der Waals surface area contributed by atoms with Crippen LogP contribution in [0.1, 0.15) is 59.3 Å². The number of carbonyl (C=O) groups excluding carboxylic acids is 2.